The predicted octanol–water partition coefficient (Wildman–Crippen LogP) is 5.97. The highest BCUT2D eigenvalue weighted by Gasteiger charge is 2.27. The van der Waals surface area contributed by atoms with Crippen molar-refractivity contribution in [3.05, 3.63) is 108 Å². The second-order valence-corrected chi connectivity index (χ2v) is 9.95. The number of methoxy groups -OCH3 is 1. The zero-order valence-electron chi connectivity index (χ0n) is 19.3. The number of carbonyl (C=O) groups is 1. The molecule has 1 amide bonds. The highest BCUT2D eigenvalue weighted by Crippen LogP contribution is 2.28. The van der Waals surface area contributed by atoms with E-state index >= 15 is 0 Å². The molecule has 0 bridgehead atoms. The Morgan fingerprint density at radius 3 is 2.11 bits per heavy atom. The SMILES string of the molecule is COc1ccc(S(=O)(=O)N(CC(=O)Nc2ccc(Oc3ccccc3)cc2)c2cccc(Cl)c2)cc1. The molecule has 9 heteroatoms. The number of para-hydroxylation sites is 1. The molecule has 1 N–H and O–H groups in total. The van der Waals surface area contributed by atoms with Crippen molar-refractivity contribution < 1.29 is 22.7 Å². The van der Waals surface area contributed by atoms with Crippen LogP contribution >= 0.6 is 11.6 Å². The Bertz CT molecular complexity index is 1430. The Morgan fingerprint density at radius 1 is 0.833 bits per heavy atom. The summed E-state index contributed by atoms with van der Waals surface area (Å²) in [4.78, 5) is 12.9. The molecule has 7 nitrogen and oxygen atoms in total. The van der Waals surface area contributed by atoms with Crippen LogP contribution in [0.2, 0.25) is 5.02 Å². The van der Waals surface area contributed by atoms with Gasteiger partial charge < -0.3 is 14.8 Å². The van der Waals surface area contributed by atoms with E-state index in [1.165, 1.54) is 25.3 Å². The summed E-state index contributed by atoms with van der Waals surface area (Å²) in [5.74, 6) is 1.28. The van der Waals surface area contributed by atoms with E-state index in [0.29, 0.717) is 28.0 Å². The number of hydrogen-bond donors (Lipinski definition) is 1. The topological polar surface area (TPSA) is 84.9 Å². The van der Waals surface area contributed by atoms with Gasteiger partial charge in [0.25, 0.3) is 10.0 Å². The van der Waals surface area contributed by atoms with E-state index in [9.17, 15) is 13.2 Å². The van der Waals surface area contributed by atoms with Gasteiger partial charge in [-0.2, -0.15) is 0 Å². The molecule has 0 saturated carbocycles. The lowest BCUT2D eigenvalue weighted by molar-refractivity contribution is -0.114. The molecule has 4 rings (SSSR count). The van der Waals surface area contributed by atoms with Crippen LogP contribution < -0.4 is 19.1 Å². The first-order valence-corrected chi connectivity index (χ1v) is 12.7. The number of carbonyl (C=O) groups excluding carboxylic acids is 1. The number of benzene rings is 4. The van der Waals surface area contributed by atoms with Crippen LogP contribution in [-0.2, 0) is 14.8 Å². The minimum absolute atomic E-state index is 0.0125. The van der Waals surface area contributed by atoms with Crippen LogP contribution in [0.3, 0.4) is 0 Å². The van der Waals surface area contributed by atoms with E-state index in [1.54, 1.807) is 54.6 Å². The van der Waals surface area contributed by atoms with E-state index in [2.05, 4.69) is 5.32 Å². The lowest BCUT2D eigenvalue weighted by Crippen LogP contribution is -2.38. The number of sulfonamides is 1. The number of ether oxygens (including phenoxy) is 2. The molecule has 184 valence electrons. The van der Waals surface area contributed by atoms with E-state index in [1.807, 2.05) is 30.3 Å². The van der Waals surface area contributed by atoms with Crippen molar-refractivity contribution in [3.8, 4) is 17.2 Å². The monoisotopic (exact) mass is 522 g/mol. The maximum Gasteiger partial charge on any atom is 0.264 e. The fourth-order valence-corrected chi connectivity index (χ4v) is 4.98. The summed E-state index contributed by atoms with van der Waals surface area (Å²) >= 11 is 6.11. The third-order valence-electron chi connectivity index (χ3n) is 5.15. The van der Waals surface area contributed by atoms with E-state index in [0.717, 1.165) is 4.31 Å². The zero-order valence-corrected chi connectivity index (χ0v) is 20.9. The van der Waals surface area contributed by atoms with E-state index in [-0.39, 0.29) is 10.6 Å². The Hall–Kier alpha value is -4.01. The molecule has 0 fully saturated rings. The summed E-state index contributed by atoms with van der Waals surface area (Å²) < 4.78 is 38.9. The van der Waals surface area contributed by atoms with Gasteiger partial charge in [-0.3, -0.25) is 9.10 Å². The third-order valence-corrected chi connectivity index (χ3v) is 7.17. The lowest BCUT2D eigenvalue weighted by Gasteiger charge is -2.24. The first-order valence-electron chi connectivity index (χ1n) is 10.9. The second kappa shape index (κ2) is 11.2. The van der Waals surface area contributed by atoms with Crippen LogP contribution in [0.1, 0.15) is 0 Å². The fourth-order valence-electron chi connectivity index (χ4n) is 3.38. The van der Waals surface area contributed by atoms with E-state index in [4.69, 9.17) is 21.1 Å². The van der Waals surface area contributed by atoms with Gasteiger partial charge in [0.1, 0.15) is 23.8 Å². The Kier molecular flexibility index (Phi) is 7.77. The molecule has 4 aromatic rings. The molecule has 36 heavy (non-hydrogen) atoms. The number of hydrogen-bond acceptors (Lipinski definition) is 5. The van der Waals surface area contributed by atoms with Crippen LogP contribution in [0, 0.1) is 0 Å². The van der Waals surface area contributed by atoms with Crippen LogP contribution in [0.4, 0.5) is 11.4 Å². The summed E-state index contributed by atoms with van der Waals surface area (Å²) in [6.07, 6.45) is 0. The lowest BCUT2D eigenvalue weighted by atomic mass is 10.3. The van der Waals surface area contributed by atoms with Gasteiger partial charge in [0.15, 0.2) is 0 Å². The summed E-state index contributed by atoms with van der Waals surface area (Å²) in [6, 6.07) is 28.4. The van der Waals surface area contributed by atoms with Crippen molar-refractivity contribution in [2.75, 3.05) is 23.3 Å². The Labute approximate surface area is 214 Å². The number of anilines is 2. The molecule has 0 aromatic heterocycles. The quantitative estimate of drug-likeness (QED) is 0.292. The normalized spacial score (nSPS) is 10.9. The highest BCUT2D eigenvalue weighted by molar-refractivity contribution is 7.92. The Morgan fingerprint density at radius 2 is 1.47 bits per heavy atom. The van der Waals surface area contributed by atoms with Crippen LogP contribution in [0.15, 0.2) is 108 Å². The van der Waals surface area contributed by atoms with Crippen molar-refractivity contribution in [3.63, 3.8) is 0 Å². The van der Waals surface area contributed by atoms with Gasteiger partial charge in [-0.05, 0) is 78.9 Å². The van der Waals surface area contributed by atoms with Crippen LogP contribution in [0.5, 0.6) is 17.2 Å². The molecule has 0 heterocycles. The average molecular weight is 523 g/mol. The molecule has 0 aliphatic carbocycles. The first-order chi connectivity index (χ1) is 17.3. The molecule has 0 unspecified atom stereocenters. The minimum atomic E-state index is -4.09. The Balaban J connectivity index is 1.53. The molecular weight excluding hydrogens is 500 g/mol. The maximum absolute atomic E-state index is 13.5. The van der Waals surface area contributed by atoms with Gasteiger partial charge in [-0.25, -0.2) is 8.42 Å². The molecule has 0 saturated heterocycles. The second-order valence-electron chi connectivity index (χ2n) is 7.65. The summed E-state index contributed by atoms with van der Waals surface area (Å²) in [5.41, 5.74) is 0.758. The van der Waals surface area contributed by atoms with Crippen molar-refractivity contribution in [2.45, 2.75) is 4.90 Å². The third kappa shape index (κ3) is 6.16. The van der Waals surface area contributed by atoms with Crippen molar-refractivity contribution >= 4 is 38.9 Å². The van der Waals surface area contributed by atoms with Crippen LogP contribution in [-0.4, -0.2) is 28.0 Å². The molecule has 0 spiro atoms. The first kappa shape index (κ1) is 25.1. The molecule has 4 aromatic carbocycles. The fraction of sp³-hybridized carbons (Fsp3) is 0.0741. The largest absolute Gasteiger partial charge is 0.497 e. The van der Waals surface area contributed by atoms with Gasteiger partial charge in [0.2, 0.25) is 5.91 Å². The molecule has 0 atom stereocenters. The van der Waals surface area contributed by atoms with Crippen molar-refractivity contribution in [1.82, 2.24) is 0 Å². The summed E-state index contributed by atoms with van der Waals surface area (Å²) in [6.45, 7) is -0.461. The molecule has 0 aliphatic heterocycles. The van der Waals surface area contributed by atoms with Crippen molar-refractivity contribution in [2.24, 2.45) is 0 Å². The van der Waals surface area contributed by atoms with Gasteiger partial charge >= 0.3 is 0 Å². The summed E-state index contributed by atoms with van der Waals surface area (Å²) in [5, 5.41) is 3.08. The van der Waals surface area contributed by atoms with Gasteiger partial charge in [0, 0.05) is 10.7 Å². The average Bonchev–Trinajstić information content (AvgIpc) is 2.89. The number of halogens is 1. The molecule has 0 aliphatic rings. The van der Waals surface area contributed by atoms with Gasteiger partial charge in [-0.1, -0.05) is 35.9 Å². The van der Waals surface area contributed by atoms with Gasteiger partial charge in [0.05, 0.1) is 17.7 Å². The predicted molar refractivity (Wildman–Crippen MR) is 141 cm³/mol. The molecule has 0 radical (unpaired) electrons. The van der Waals surface area contributed by atoms with Crippen LogP contribution in [0.25, 0.3) is 0 Å². The summed E-state index contributed by atoms with van der Waals surface area (Å²) in [7, 11) is -2.59. The number of rotatable bonds is 9. The minimum Gasteiger partial charge on any atom is -0.497 e. The van der Waals surface area contributed by atoms with E-state index < -0.39 is 22.5 Å². The number of nitrogens with one attached hydrogen (secondary N) is 1. The zero-order chi connectivity index (χ0) is 25.5. The molecular formula is C27H23ClN2O5S. The maximum atomic E-state index is 13.5. The standard InChI is InChI=1S/C27H23ClN2O5S/c1-34-23-14-16-26(17-15-23)36(32,33)30(22-7-5-6-20(28)18-22)19-27(31)29-21-10-12-25(13-11-21)35-24-8-3-2-4-9-24/h2-18H,19H2,1H3,(H,29,31). The number of nitrogens with zero attached hydrogens (tertiary/aromatic N) is 1. The smallest absolute Gasteiger partial charge is 0.264 e. The van der Waals surface area contributed by atoms with Gasteiger partial charge in [-0.15, -0.1) is 0 Å². The number of amides is 1. The van der Waals surface area contributed by atoms with Crippen molar-refractivity contribution in [1.29, 1.82) is 0 Å². The highest BCUT2D eigenvalue weighted by atomic mass is 35.5.